The van der Waals surface area contributed by atoms with E-state index < -0.39 is 0 Å². The predicted molar refractivity (Wildman–Crippen MR) is 80.8 cm³/mol. The Morgan fingerprint density at radius 3 is 2.35 bits per heavy atom. The van der Waals surface area contributed by atoms with Crippen molar-refractivity contribution >= 4 is 0 Å². The molecule has 4 heteroatoms. The minimum atomic E-state index is 0.141. The molecule has 0 aliphatic heterocycles. The zero-order valence-electron chi connectivity index (χ0n) is 13.2. The highest BCUT2D eigenvalue weighted by Crippen LogP contribution is 2.29. The van der Waals surface area contributed by atoms with E-state index >= 15 is 0 Å². The van der Waals surface area contributed by atoms with Gasteiger partial charge in [0.15, 0.2) is 0 Å². The Morgan fingerprint density at radius 1 is 1.05 bits per heavy atom. The molecule has 0 atom stereocenters. The summed E-state index contributed by atoms with van der Waals surface area (Å²) in [5, 5.41) is 11.9. The van der Waals surface area contributed by atoms with Gasteiger partial charge < -0.3 is 9.73 Å². The van der Waals surface area contributed by atoms with Gasteiger partial charge in [-0.15, -0.1) is 10.2 Å². The van der Waals surface area contributed by atoms with E-state index in [-0.39, 0.29) is 5.54 Å². The molecular formula is C16H29N3O. The van der Waals surface area contributed by atoms with Crippen LogP contribution in [0.15, 0.2) is 4.42 Å². The lowest BCUT2D eigenvalue weighted by molar-refractivity contribution is 0.356. The first-order valence-electron chi connectivity index (χ1n) is 8.12. The molecule has 0 aromatic carbocycles. The largest absolute Gasteiger partial charge is 0.425 e. The van der Waals surface area contributed by atoms with Crippen LogP contribution in [0.1, 0.15) is 83.4 Å². The second kappa shape index (κ2) is 7.21. The average molecular weight is 279 g/mol. The molecule has 0 spiro atoms. The fourth-order valence-corrected chi connectivity index (χ4v) is 2.78. The maximum absolute atomic E-state index is 5.87. The summed E-state index contributed by atoms with van der Waals surface area (Å²) in [7, 11) is 0. The Kier molecular flexibility index (Phi) is 5.58. The van der Waals surface area contributed by atoms with Gasteiger partial charge in [-0.2, -0.15) is 0 Å². The van der Waals surface area contributed by atoms with Gasteiger partial charge in [-0.05, 0) is 33.6 Å². The fraction of sp³-hybridized carbons (Fsp3) is 0.875. The minimum Gasteiger partial charge on any atom is -0.425 e. The van der Waals surface area contributed by atoms with Crippen LogP contribution in [0.2, 0.25) is 0 Å². The van der Waals surface area contributed by atoms with E-state index in [4.69, 9.17) is 4.42 Å². The fourth-order valence-electron chi connectivity index (χ4n) is 2.78. The monoisotopic (exact) mass is 279 g/mol. The van der Waals surface area contributed by atoms with Crippen molar-refractivity contribution < 1.29 is 4.42 Å². The molecule has 1 heterocycles. The molecule has 0 radical (unpaired) electrons. The van der Waals surface area contributed by atoms with Crippen molar-refractivity contribution in [2.45, 2.75) is 83.6 Å². The van der Waals surface area contributed by atoms with Crippen LogP contribution in [0.25, 0.3) is 0 Å². The number of nitrogens with zero attached hydrogens (tertiary/aromatic N) is 2. The van der Waals surface area contributed by atoms with Crippen LogP contribution >= 0.6 is 0 Å². The van der Waals surface area contributed by atoms with Crippen LogP contribution in [0.4, 0.5) is 0 Å². The molecule has 1 aliphatic rings. The Morgan fingerprint density at radius 2 is 1.70 bits per heavy atom. The molecule has 0 bridgehead atoms. The van der Waals surface area contributed by atoms with E-state index in [2.05, 4.69) is 36.3 Å². The van der Waals surface area contributed by atoms with Gasteiger partial charge in [0.1, 0.15) is 0 Å². The van der Waals surface area contributed by atoms with Gasteiger partial charge in [0, 0.05) is 24.4 Å². The number of rotatable bonds is 4. The molecule has 1 fully saturated rings. The predicted octanol–water partition coefficient (Wildman–Crippen LogP) is 3.83. The zero-order chi connectivity index (χ0) is 14.4. The van der Waals surface area contributed by atoms with Gasteiger partial charge in [0.25, 0.3) is 0 Å². The molecule has 20 heavy (non-hydrogen) atoms. The summed E-state index contributed by atoms with van der Waals surface area (Å²) in [6.07, 6.45) is 9.93. The number of aromatic nitrogens is 2. The van der Waals surface area contributed by atoms with Crippen LogP contribution in [0.3, 0.4) is 0 Å². The third-order valence-corrected chi connectivity index (χ3v) is 3.93. The summed E-state index contributed by atoms with van der Waals surface area (Å²) in [6.45, 7) is 7.39. The normalized spacial score (nSPS) is 18.8. The molecule has 2 rings (SSSR count). The van der Waals surface area contributed by atoms with Crippen molar-refractivity contribution in [1.82, 2.24) is 15.5 Å². The molecule has 0 amide bonds. The van der Waals surface area contributed by atoms with Gasteiger partial charge in [-0.1, -0.05) is 32.1 Å². The van der Waals surface area contributed by atoms with E-state index in [0.29, 0.717) is 5.92 Å². The molecule has 1 saturated carbocycles. The molecule has 1 aromatic heterocycles. The molecule has 1 aliphatic carbocycles. The molecular weight excluding hydrogens is 250 g/mol. The number of hydrogen-bond donors (Lipinski definition) is 1. The number of nitrogens with one attached hydrogen (secondary N) is 1. The lowest BCUT2D eigenvalue weighted by Crippen LogP contribution is -2.37. The summed E-state index contributed by atoms with van der Waals surface area (Å²) < 4.78 is 5.87. The summed E-state index contributed by atoms with van der Waals surface area (Å²) in [6, 6.07) is 0. The van der Waals surface area contributed by atoms with E-state index in [1.807, 2.05) is 0 Å². The lowest BCUT2D eigenvalue weighted by Gasteiger charge is -2.19. The van der Waals surface area contributed by atoms with Gasteiger partial charge in [-0.3, -0.25) is 0 Å². The quantitative estimate of drug-likeness (QED) is 0.910. The Hall–Kier alpha value is -0.900. The SMILES string of the molecule is CC(C)(C)NCCc1nnc(C2CCCCCCC2)o1. The molecule has 114 valence electrons. The first-order valence-corrected chi connectivity index (χ1v) is 8.12. The van der Waals surface area contributed by atoms with Crippen molar-refractivity contribution in [2.24, 2.45) is 0 Å². The second-order valence-corrected chi connectivity index (χ2v) is 7.00. The lowest BCUT2D eigenvalue weighted by atomic mass is 9.91. The standard InChI is InChI=1S/C16H29N3O/c1-16(2,3)17-12-11-14-18-19-15(20-14)13-9-7-5-4-6-8-10-13/h13,17H,4-12H2,1-3H3. The van der Waals surface area contributed by atoms with E-state index in [9.17, 15) is 0 Å². The smallest absolute Gasteiger partial charge is 0.219 e. The highest BCUT2D eigenvalue weighted by Gasteiger charge is 2.19. The van der Waals surface area contributed by atoms with Crippen LogP contribution in [-0.4, -0.2) is 22.3 Å². The Labute approximate surface area is 122 Å². The number of hydrogen-bond acceptors (Lipinski definition) is 4. The zero-order valence-corrected chi connectivity index (χ0v) is 13.2. The first kappa shape index (κ1) is 15.5. The highest BCUT2D eigenvalue weighted by molar-refractivity contribution is 4.92. The van der Waals surface area contributed by atoms with Crippen molar-refractivity contribution in [2.75, 3.05) is 6.54 Å². The molecule has 1 aromatic rings. The molecule has 0 unspecified atom stereocenters. The van der Waals surface area contributed by atoms with Gasteiger partial charge in [-0.25, -0.2) is 0 Å². The van der Waals surface area contributed by atoms with Crippen LogP contribution < -0.4 is 5.32 Å². The van der Waals surface area contributed by atoms with Gasteiger partial charge >= 0.3 is 0 Å². The summed E-state index contributed by atoms with van der Waals surface area (Å²) in [5.74, 6) is 2.14. The van der Waals surface area contributed by atoms with Crippen LogP contribution in [-0.2, 0) is 6.42 Å². The minimum absolute atomic E-state index is 0.141. The van der Waals surface area contributed by atoms with E-state index in [1.54, 1.807) is 0 Å². The van der Waals surface area contributed by atoms with Crippen molar-refractivity contribution in [3.8, 4) is 0 Å². The van der Waals surface area contributed by atoms with E-state index in [0.717, 1.165) is 24.7 Å². The van der Waals surface area contributed by atoms with Gasteiger partial charge in [0.2, 0.25) is 11.8 Å². The van der Waals surface area contributed by atoms with Gasteiger partial charge in [0.05, 0.1) is 0 Å². The molecule has 1 N–H and O–H groups in total. The van der Waals surface area contributed by atoms with E-state index in [1.165, 1.54) is 44.9 Å². The average Bonchev–Trinajstić information content (AvgIpc) is 2.75. The molecule has 0 saturated heterocycles. The molecule has 4 nitrogen and oxygen atoms in total. The summed E-state index contributed by atoms with van der Waals surface area (Å²) >= 11 is 0. The van der Waals surface area contributed by atoms with Crippen molar-refractivity contribution in [3.05, 3.63) is 11.8 Å². The van der Waals surface area contributed by atoms with Crippen molar-refractivity contribution in [3.63, 3.8) is 0 Å². The van der Waals surface area contributed by atoms with Crippen LogP contribution in [0.5, 0.6) is 0 Å². The van der Waals surface area contributed by atoms with Crippen molar-refractivity contribution in [1.29, 1.82) is 0 Å². The third-order valence-electron chi connectivity index (χ3n) is 3.93. The summed E-state index contributed by atoms with van der Waals surface area (Å²) in [4.78, 5) is 0. The maximum Gasteiger partial charge on any atom is 0.219 e. The van der Waals surface area contributed by atoms with Crippen LogP contribution in [0, 0.1) is 0 Å². The third kappa shape index (κ3) is 5.23. The highest BCUT2D eigenvalue weighted by atomic mass is 16.4. The topological polar surface area (TPSA) is 51.0 Å². The second-order valence-electron chi connectivity index (χ2n) is 7.00. The summed E-state index contributed by atoms with van der Waals surface area (Å²) in [5.41, 5.74) is 0.141. The maximum atomic E-state index is 5.87. The first-order chi connectivity index (χ1) is 9.54. The Bertz CT molecular complexity index is 387. The Balaban J connectivity index is 1.84.